The van der Waals surface area contributed by atoms with Crippen molar-refractivity contribution in [3.8, 4) is 5.75 Å². The van der Waals surface area contributed by atoms with Crippen LogP contribution in [0.2, 0.25) is 0 Å². The molecule has 184 valence electrons. The van der Waals surface area contributed by atoms with E-state index in [0.717, 1.165) is 34.9 Å². The Hall–Kier alpha value is -3.87. The topological polar surface area (TPSA) is 99.7 Å². The molecular weight excluding hydrogens is 485 g/mol. The van der Waals surface area contributed by atoms with E-state index in [4.69, 9.17) is 0 Å². The molecule has 1 aliphatic heterocycles. The van der Waals surface area contributed by atoms with Crippen LogP contribution in [0.25, 0.3) is 0 Å². The molecule has 3 heterocycles. The maximum Gasteiger partial charge on any atom is 0.573 e. The number of alkyl halides is 3. The smallest absolute Gasteiger partial charge is 0.406 e. The number of anilines is 3. The van der Waals surface area contributed by atoms with Gasteiger partial charge in [0.25, 0.3) is 5.91 Å². The Balaban J connectivity index is 1.27. The SMILES string of the molecule is Cc1ccc(N2CCN(C(=O)c3csc(NC(=O)Nc4ccc(OC(F)(F)F)cc4)n3)CC2)nc1. The van der Waals surface area contributed by atoms with Gasteiger partial charge in [0, 0.05) is 43.4 Å². The van der Waals surface area contributed by atoms with Crippen LogP contribution < -0.4 is 20.3 Å². The number of aryl methyl sites for hydroxylation is 1. The van der Waals surface area contributed by atoms with Gasteiger partial charge in [-0.15, -0.1) is 24.5 Å². The van der Waals surface area contributed by atoms with Crippen molar-refractivity contribution in [2.75, 3.05) is 41.7 Å². The van der Waals surface area contributed by atoms with Crippen molar-refractivity contribution in [1.82, 2.24) is 14.9 Å². The van der Waals surface area contributed by atoms with E-state index in [1.54, 1.807) is 10.3 Å². The molecule has 0 atom stereocenters. The van der Waals surface area contributed by atoms with E-state index in [2.05, 4.69) is 30.2 Å². The van der Waals surface area contributed by atoms with Crippen molar-refractivity contribution in [2.45, 2.75) is 13.3 Å². The van der Waals surface area contributed by atoms with Crippen molar-refractivity contribution in [3.63, 3.8) is 0 Å². The molecule has 2 N–H and O–H groups in total. The summed E-state index contributed by atoms with van der Waals surface area (Å²) in [7, 11) is 0. The number of carbonyl (C=O) groups is 2. The van der Waals surface area contributed by atoms with Crippen molar-refractivity contribution in [2.24, 2.45) is 0 Å². The lowest BCUT2D eigenvalue weighted by Gasteiger charge is -2.35. The van der Waals surface area contributed by atoms with Crippen LogP contribution in [0.4, 0.5) is 34.6 Å². The average molecular weight is 507 g/mol. The summed E-state index contributed by atoms with van der Waals surface area (Å²) in [4.78, 5) is 37.5. The van der Waals surface area contributed by atoms with Crippen LogP contribution in [0.1, 0.15) is 16.1 Å². The molecule has 1 saturated heterocycles. The number of piperazine rings is 1. The largest absolute Gasteiger partial charge is 0.573 e. The quantitative estimate of drug-likeness (QED) is 0.534. The number of amides is 3. The van der Waals surface area contributed by atoms with Crippen LogP contribution in [0.5, 0.6) is 5.75 Å². The summed E-state index contributed by atoms with van der Waals surface area (Å²) in [5.41, 5.74) is 1.56. The monoisotopic (exact) mass is 506 g/mol. The third-order valence-corrected chi connectivity index (χ3v) is 5.83. The average Bonchev–Trinajstić information content (AvgIpc) is 3.28. The summed E-state index contributed by atoms with van der Waals surface area (Å²) in [6, 6.07) is 8.00. The van der Waals surface area contributed by atoms with Crippen molar-refractivity contribution in [1.29, 1.82) is 0 Å². The summed E-state index contributed by atoms with van der Waals surface area (Å²) in [6.07, 6.45) is -2.98. The Morgan fingerprint density at radius 1 is 1.03 bits per heavy atom. The number of hydrogen-bond donors (Lipinski definition) is 2. The minimum atomic E-state index is -4.79. The lowest BCUT2D eigenvalue weighted by atomic mass is 10.2. The molecule has 35 heavy (non-hydrogen) atoms. The van der Waals surface area contributed by atoms with E-state index < -0.39 is 18.1 Å². The number of urea groups is 1. The van der Waals surface area contributed by atoms with Crippen LogP contribution in [-0.2, 0) is 0 Å². The van der Waals surface area contributed by atoms with Crippen molar-refractivity contribution >= 4 is 39.9 Å². The first-order valence-electron chi connectivity index (χ1n) is 10.5. The van der Waals surface area contributed by atoms with Crippen LogP contribution in [0, 0.1) is 6.92 Å². The number of nitrogens with one attached hydrogen (secondary N) is 2. The lowest BCUT2D eigenvalue weighted by molar-refractivity contribution is -0.274. The number of benzene rings is 1. The number of pyridine rings is 1. The second-order valence-corrected chi connectivity index (χ2v) is 8.52. The summed E-state index contributed by atoms with van der Waals surface area (Å²) < 4.78 is 40.5. The first-order valence-corrected chi connectivity index (χ1v) is 11.4. The van der Waals surface area contributed by atoms with Crippen LogP contribution in [0.15, 0.2) is 48.0 Å². The fourth-order valence-corrected chi connectivity index (χ4v) is 4.06. The number of rotatable bonds is 5. The lowest BCUT2D eigenvalue weighted by Crippen LogP contribution is -2.49. The van der Waals surface area contributed by atoms with Gasteiger partial charge in [-0.05, 0) is 42.8 Å². The molecule has 1 fully saturated rings. The Kier molecular flexibility index (Phi) is 7.05. The molecule has 1 aliphatic rings. The van der Waals surface area contributed by atoms with E-state index in [1.165, 1.54) is 12.1 Å². The van der Waals surface area contributed by atoms with Gasteiger partial charge in [0.05, 0.1) is 0 Å². The Labute approximate surface area is 202 Å². The number of thiazole rings is 1. The molecule has 0 aliphatic carbocycles. The number of carbonyl (C=O) groups excluding carboxylic acids is 2. The van der Waals surface area contributed by atoms with Gasteiger partial charge in [-0.3, -0.25) is 10.1 Å². The zero-order chi connectivity index (χ0) is 25.0. The van der Waals surface area contributed by atoms with E-state index in [1.807, 2.05) is 25.3 Å². The normalized spacial score (nSPS) is 13.9. The second-order valence-electron chi connectivity index (χ2n) is 7.66. The number of nitrogens with zero attached hydrogens (tertiary/aromatic N) is 4. The number of hydrogen-bond acceptors (Lipinski definition) is 7. The highest BCUT2D eigenvalue weighted by Gasteiger charge is 2.31. The zero-order valence-corrected chi connectivity index (χ0v) is 19.3. The molecule has 0 unspecified atom stereocenters. The number of ether oxygens (including phenoxy) is 1. The van der Waals surface area contributed by atoms with E-state index in [0.29, 0.717) is 26.2 Å². The molecule has 1 aromatic carbocycles. The first-order chi connectivity index (χ1) is 16.7. The fourth-order valence-electron chi connectivity index (χ4n) is 3.38. The first kappa shape index (κ1) is 24.3. The molecule has 0 spiro atoms. The van der Waals surface area contributed by atoms with Gasteiger partial charge in [-0.25, -0.2) is 14.8 Å². The van der Waals surface area contributed by atoms with Gasteiger partial charge in [0.2, 0.25) is 0 Å². The van der Waals surface area contributed by atoms with Gasteiger partial charge in [-0.1, -0.05) is 6.07 Å². The molecule has 0 bridgehead atoms. The maximum atomic E-state index is 12.8. The Morgan fingerprint density at radius 3 is 2.37 bits per heavy atom. The van der Waals surface area contributed by atoms with Gasteiger partial charge in [0.15, 0.2) is 5.13 Å². The van der Waals surface area contributed by atoms with Crippen molar-refractivity contribution in [3.05, 3.63) is 59.2 Å². The highest BCUT2D eigenvalue weighted by molar-refractivity contribution is 7.14. The third-order valence-electron chi connectivity index (χ3n) is 5.08. The van der Waals surface area contributed by atoms with E-state index in [9.17, 15) is 22.8 Å². The Bertz CT molecular complexity index is 1180. The molecule has 3 aromatic rings. The van der Waals surface area contributed by atoms with Crippen LogP contribution in [0.3, 0.4) is 0 Å². The molecular formula is C22H21F3N6O3S. The highest BCUT2D eigenvalue weighted by Crippen LogP contribution is 2.24. The molecule has 2 aromatic heterocycles. The molecule has 4 rings (SSSR count). The van der Waals surface area contributed by atoms with Gasteiger partial charge >= 0.3 is 12.4 Å². The minimum absolute atomic E-state index is 0.213. The highest BCUT2D eigenvalue weighted by atomic mass is 32.1. The minimum Gasteiger partial charge on any atom is -0.406 e. The van der Waals surface area contributed by atoms with Gasteiger partial charge in [-0.2, -0.15) is 0 Å². The third kappa shape index (κ3) is 6.59. The molecule has 3 amide bonds. The number of aromatic nitrogens is 2. The number of halogens is 3. The van der Waals surface area contributed by atoms with E-state index in [-0.39, 0.29) is 22.4 Å². The summed E-state index contributed by atoms with van der Waals surface area (Å²) in [6.45, 7) is 4.30. The summed E-state index contributed by atoms with van der Waals surface area (Å²) in [5, 5.41) is 6.77. The molecule has 9 nitrogen and oxygen atoms in total. The van der Waals surface area contributed by atoms with Crippen LogP contribution in [-0.4, -0.2) is 59.3 Å². The zero-order valence-electron chi connectivity index (χ0n) is 18.5. The predicted octanol–water partition coefficient (Wildman–Crippen LogP) is 4.35. The van der Waals surface area contributed by atoms with Crippen LogP contribution >= 0.6 is 11.3 Å². The maximum absolute atomic E-state index is 12.8. The van der Waals surface area contributed by atoms with E-state index >= 15 is 0 Å². The Morgan fingerprint density at radius 2 is 1.74 bits per heavy atom. The second kappa shape index (κ2) is 10.2. The molecule has 0 saturated carbocycles. The van der Waals surface area contributed by atoms with Crippen molar-refractivity contribution < 1.29 is 27.5 Å². The standard InChI is InChI=1S/C22H21F3N6O3S/c1-14-2-7-18(26-12-14)30-8-10-31(11-9-30)19(32)17-13-35-21(28-17)29-20(33)27-15-3-5-16(6-4-15)34-22(23,24)25/h2-7,12-13H,8-11H2,1H3,(H2,27,28,29,33). The molecule has 0 radical (unpaired) electrons. The van der Waals surface area contributed by atoms with Gasteiger partial charge in [0.1, 0.15) is 17.3 Å². The van der Waals surface area contributed by atoms with Gasteiger partial charge < -0.3 is 19.9 Å². The summed E-state index contributed by atoms with van der Waals surface area (Å²) in [5.74, 6) is 0.241. The summed E-state index contributed by atoms with van der Waals surface area (Å²) >= 11 is 1.09. The predicted molar refractivity (Wildman–Crippen MR) is 125 cm³/mol. The fraction of sp³-hybridized carbons (Fsp3) is 0.273. The molecule has 13 heteroatoms.